The molecule has 0 spiro atoms. The van der Waals surface area contributed by atoms with Crippen LogP contribution in [0.25, 0.3) is 0 Å². The highest BCUT2D eigenvalue weighted by molar-refractivity contribution is 7.99. The zero-order chi connectivity index (χ0) is 22.2. The van der Waals surface area contributed by atoms with Crippen molar-refractivity contribution < 1.29 is 9.53 Å². The van der Waals surface area contributed by atoms with Crippen LogP contribution in [0, 0.1) is 12.8 Å². The molecule has 2 fully saturated rings. The number of rotatable bonds is 8. The van der Waals surface area contributed by atoms with Gasteiger partial charge in [0.05, 0.1) is 13.2 Å². The van der Waals surface area contributed by atoms with E-state index in [4.69, 9.17) is 4.74 Å². The predicted octanol–water partition coefficient (Wildman–Crippen LogP) is 2.99. The van der Waals surface area contributed by atoms with Crippen LogP contribution in [0.4, 0.5) is 5.82 Å². The summed E-state index contributed by atoms with van der Waals surface area (Å²) in [6, 6.07) is 8.47. The van der Waals surface area contributed by atoms with Crippen LogP contribution in [0.3, 0.4) is 0 Å². The Kier molecular flexibility index (Phi) is 8.36. The van der Waals surface area contributed by atoms with Gasteiger partial charge in [-0.3, -0.25) is 9.69 Å². The average molecular weight is 456 g/mol. The number of morpholine rings is 1. The van der Waals surface area contributed by atoms with Crippen LogP contribution in [0.1, 0.15) is 24.8 Å². The van der Waals surface area contributed by atoms with Gasteiger partial charge >= 0.3 is 0 Å². The summed E-state index contributed by atoms with van der Waals surface area (Å²) in [4.78, 5) is 27.7. The van der Waals surface area contributed by atoms with Gasteiger partial charge in [0.1, 0.15) is 5.03 Å². The maximum Gasteiger partial charge on any atom is 0.223 e. The Hall–Kier alpha value is -2.16. The van der Waals surface area contributed by atoms with Crippen LogP contribution < -0.4 is 10.2 Å². The first-order valence-electron chi connectivity index (χ1n) is 11.6. The molecule has 2 saturated heterocycles. The molecule has 172 valence electrons. The maximum absolute atomic E-state index is 12.6. The number of aryl methyl sites for hydroxylation is 1. The van der Waals surface area contributed by atoms with Gasteiger partial charge in [-0.25, -0.2) is 9.97 Å². The lowest BCUT2D eigenvalue weighted by molar-refractivity contribution is -0.125. The molecule has 2 aliphatic rings. The Bertz CT molecular complexity index is 865. The predicted molar refractivity (Wildman–Crippen MR) is 127 cm³/mol. The summed E-state index contributed by atoms with van der Waals surface area (Å²) >= 11 is 1.64. The number of amides is 1. The summed E-state index contributed by atoms with van der Waals surface area (Å²) in [5.74, 6) is 1.20. The van der Waals surface area contributed by atoms with Crippen molar-refractivity contribution >= 4 is 23.5 Å². The van der Waals surface area contributed by atoms with Crippen molar-refractivity contribution in [3.05, 3.63) is 42.2 Å². The monoisotopic (exact) mass is 455 g/mol. The van der Waals surface area contributed by atoms with E-state index in [1.54, 1.807) is 24.2 Å². The summed E-state index contributed by atoms with van der Waals surface area (Å²) < 4.78 is 5.38. The number of nitrogens with zero attached hydrogens (tertiary/aromatic N) is 4. The first kappa shape index (κ1) is 23.0. The van der Waals surface area contributed by atoms with Gasteiger partial charge in [-0.2, -0.15) is 0 Å². The second-order valence-electron chi connectivity index (χ2n) is 8.46. The van der Waals surface area contributed by atoms with E-state index < -0.39 is 0 Å². The van der Waals surface area contributed by atoms with Crippen molar-refractivity contribution in [1.82, 2.24) is 20.2 Å². The molecule has 0 radical (unpaired) electrons. The van der Waals surface area contributed by atoms with Crippen molar-refractivity contribution in [2.45, 2.75) is 36.1 Å². The van der Waals surface area contributed by atoms with E-state index in [9.17, 15) is 4.79 Å². The van der Waals surface area contributed by atoms with Crippen molar-refractivity contribution in [2.24, 2.45) is 5.92 Å². The minimum Gasteiger partial charge on any atom is -0.379 e. The topological polar surface area (TPSA) is 70.6 Å². The molecule has 1 aromatic carbocycles. The Morgan fingerprint density at radius 2 is 1.81 bits per heavy atom. The van der Waals surface area contributed by atoms with E-state index in [1.165, 1.54) is 5.56 Å². The van der Waals surface area contributed by atoms with E-state index >= 15 is 0 Å². The van der Waals surface area contributed by atoms with Crippen LogP contribution in [0.5, 0.6) is 0 Å². The molecule has 2 aromatic rings. The number of carbonyl (C=O) groups is 1. The number of hydrogen-bond donors (Lipinski definition) is 1. The van der Waals surface area contributed by atoms with Crippen LogP contribution in [-0.2, 0) is 9.53 Å². The summed E-state index contributed by atoms with van der Waals surface area (Å²) in [6.45, 7) is 9.15. The number of nitrogens with one attached hydrogen (secondary N) is 1. The quantitative estimate of drug-likeness (QED) is 0.614. The molecule has 1 N–H and O–H groups in total. The van der Waals surface area contributed by atoms with Gasteiger partial charge in [-0.05, 0) is 44.9 Å². The number of benzene rings is 1. The molecule has 8 heteroatoms. The summed E-state index contributed by atoms with van der Waals surface area (Å²) in [6.07, 6.45) is 6.18. The second kappa shape index (κ2) is 11.6. The normalized spacial score (nSPS) is 18.0. The van der Waals surface area contributed by atoms with Gasteiger partial charge in [0.15, 0.2) is 5.82 Å². The fourth-order valence-corrected chi connectivity index (χ4v) is 5.04. The highest BCUT2D eigenvalue weighted by Gasteiger charge is 2.27. The number of aromatic nitrogens is 2. The van der Waals surface area contributed by atoms with Crippen LogP contribution in [0.15, 0.2) is 46.6 Å². The van der Waals surface area contributed by atoms with E-state index in [-0.39, 0.29) is 11.8 Å². The lowest BCUT2D eigenvalue weighted by Crippen LogP contribution is -2.42. The van der Waals surface area contributed by atoms with Crippen molar-refractivity contribution in [3.63, 3.8) is 0 Å². The molecule has 0 saturated carbocycles. The third-order valence-electron chi connectivity index (χ3n) is 6.10. The SMILES string of the molecule is Cc1ccc(Sc2nccnc2N2CCC(C(=O)NCCCN3CCOCC3)CC2)cc1. The minimum atomic E-state index is 0.0829. The van der Waals surface area contributed by atoms with E-state index in [0.29, 0.717) is 0 Å². The summed E-state index contributed by atoms with van der Waals surface area (Å²) in [5.41, 5.74) is 1.25. The van der Waals surface area contributed by atoms with Gasteiger partial charge in [-0.1, -0.05) is 29.5 Å². The Morgan fingerprint density at radius 3 is 2.56 bits per heavy atom. The number of hydrogen-bond acceptors (Lipinski definition) is 7. The molecule has 7 nitrogen and oxygen atoms in total. The molecular formula is C24H33N5O2S. The van der Waals surface area contributed by atoms with Gasteiger partial charge in [-0.15, -0.1) is 0 Å². The summed E-state index contributed by atoms with van der Waals surface area (Å²) in [5, 5.41) is 4.07. The van der Waals surface area contributed by atoms with Crippen LogP contribution >= 0.6 is 11.8 Å². The van der Waals surface area contributed by atoms with Crippen LogP contribution in [-0.4, -0.2) is 73.3 Å². The maximum atomic E-state index is 12.6. The van der Waals surface area contributed by atoms with Crippen molar-refractivity contribution in [2.75, 3.05) is 57.4 Å². The average Bonchev–Trinajstić information content (AvgIpc) is 2.84. The minimum absolute atomic E-state index is 0.0829. The van der Waals surface area contributed by atoms with E-state index in [1.807, 2.05) is 0 Å². The Labute approximate surface area is 194 Å². The summed E-state index contributed by atoms with van der Waals surface area (Å²) in [7, 11) is 0. The fraction of sp³-hybridized carbons (Fsp3) is 0.542. The zero-order valence-corrected chi connectivity index (χ0v) is 19.6. The highest BCUT2D eigenvalue weighted by atomic mass is 32.2. The van der Waals surface area contributed by atoms with Crippen LogP contribution in [0.2, 0.25) is 0 Å². The third-order valence-corrected chi connectivity index (χ3v) is 7.09. The number of piperidine rings is 1. The third kappa shape index (κ3) is 6.43. The van der Waals surface area contributed by atoms with Gasteiger partial charge in [0.2, 0.25) is 5.91 Å². The van der Waals surface area contributed by atoms with Gasteiger partial charge in [0.25, 0.3) is 0 Å². The van der Waals surface area contributed by atoms with Crippen molar-refractivity contribution in [3.8, 4) is 0 Å². The Balaban J connectivity index is 1.23. The highest BCUT2D eigenvalue weighted by Crippen LogP contribution is 2.34. The molecule has 1 amide bonds. The Morgan fingerprint density at radius 1 is 1.09 bits per heavy atom. The fourth-order valence-electron chi connectivity index (χ4n) is 4.16. The van der Waals surface area contributed by atoms with Crippen molar-refractivity contribution in [1.29, 1.82) is 0 Å². The van der Waals surface area contributed by atoms with E-state index in [2.05, 4.69) is 56.3 Å². The van der Waals surface area contributed by atoms with Gasteiger partial charge in [0, 0.05) is 55.9 Å². The lowest BCUT2D eigenvalue weighted by Gasteiger charge is -2.32. The molecular weight excluding hydrogens is 422 g/mol. The molecule has 3 heterocycles. The van der Waals surface area contributed by atoms with E-state index in [0.717, 1.165) is 87.5 Å². The zero-order valence-electron chi connectivity index (χ0n) is 18.8. The molecule has 2 aliphatic heterocycles. The first-order valence-corrected chi connectivity index (χ1v) is 12.4. The second-order valence-corrected chi connectivity index (χ2v) is 9.52. The number of carbonyl (C=O) groups excluding carboxylic acids is 1. The molecule has 0 aliphatic carbocycles. The molecule has 0 bridgehead atoms. The molecule has 1 aromatic heterocycles. The lowest BCUT2D eigenvalue weighted by atomic mass is 9.96. The number of anilines is 1. The number of ether oxygens (including phenoxy) is 1. The standard InChI is InChI=1S/C24H33N5O2S/c1-19-3-5-21(6-4-19)32-24-22(25-10-11-27-24)29-13-7-20(8-14-29)23(30)26-9-2-12-28-15-17-31-18-16-28/h3-6,10-11,20H,2,7-9,12-18H2,1H3,(H,26,30). The largest absolute Gasteiger partial charge is 0.379 e. The molecule has 0 atom stereocenters. The van der Waals surface area contributed by atoms with Gasteiger partial charge < -0.3 is 15.0 Å². The molecule has 0 unspecified atom stereocenters. The molecule has 32 heavy (non-hydrogen) atoms. The first-order chi connectivity index (χ1) is 15.7. The molecule has 4 rings (SSSR count). The smallest absolute Gasteiger partial charge is 0.223 e.